The van der Waals surface area contributed by atoms with Crippen LogP contribution in [0.25, 0.3) is 11.3 Å². The summed E-state index contributed by atoms with van der Waals surface area (Å²) in [6.07, 6.45) is 2.36. The zero-order valence-corrected chi connectivity index (χ0v) is 10.4. The predicted molar refractivity (Wildman–Crippen MR) is 71.2 cm³/mol. The van der Waals surface area contributed by atoms with Crippen LogP contribution in [0.4, 0.5) is 5.82 Å². The van der Waals surface area contributed by atoms with Crippen LogP contribution in [0.5, 0.6) is 0 Å². The van der Waals surface area contributed by atoms with Gasteiger partial charge in [-0.05, 0) is 18.4 Å². The van der Waals surface area contributed by atoms with Gasteiger partial charge in [0.2, 0.25) is 0 Å². The van der Waals surface area contributed by atoms with Gasteiger partial charge < -0.3 is 10.5 Å². The number of benzene rings is 1. The highest BCUT2D eigenvalue weighted by Gasteiger charge is 2.45. The first-order valence-corrected chi connectivity index (χ1v) is 6.15. The summed E-state index contributed by atoms with van der Waals surface area (Å²) < 4.78 is 5.37. The van der Waals surface area contributed by atoms with Crippen LogP contribution in [0.3, 0.4) is 0 Å². The molecule has 4 nitrogen and oxygen atoms in total. The zero-order chi connectivity index (χ0) is 12.6. The van der Waals surface area contributed by atoms with Crippen LogP contribution >= 0.6 is 0 Å². The minimum Gasteiger partial charge on any atom is -0.384 e. The van der Waals surface area contributed by atoms with Gasteiger partial charge in [-0.2, -0.15) is 5.10 Å². The molecule has 1 aromatic carbocycles. The first kappa shape index (κ1) is 11.3. The summed E-state index contributed by atoms with van der Waals surface area (Å²) in [5.41, 5.74) is 9.35. The molecule has 1 saturated carbocycles. The molecule has 1 fully saturated rings. The van der Waals surface area contributed by atoms with Crippen LogP contribution in [-0.2, 0) is 10.2 Å². The molecule has 0 atom stereocenters. The number of nitrogen functional groups attached to an aromatic ring is 1. The van der Waals surface area contributed by atoms with Crippen molar-refractivity contribution in [2.45, 2.75) is 18.3 Å². The summed E-state index contributed by atoms with van der Waals surface area (Å²) in [5.74, 6) is 0.524. The molecule has 0 spiro atoms. The number of H-pyrrole nitrogens is 1. The maximum Gasteiger partial charge on any atom is 0.145 e. The van der Waals surface area contributed by atoms with E-state index in [0.29, 0.717) is 5.82 Å². The lowest BCUT2D eigenvalue weighted by Crippen LogP contribution is -2.15. The van der Waals surface area contributed by atoms with Crippen LogP contribution in [0.2, 0.25) is 0 Å². The number of aromatic nitrogens is 2. The summed E-state index contributed by atoms with van der Waals surface area (Å²) in [5, 5.41) is 6.99. The smallest absolute Gasteiger partial charge is 0.145 e. The van der Waals surface area contributed by atoms with Crippen molar-refractivity contribution in [1.29, 1.82) is 0 Å². The van der Waals surface area contributed by atoms with Gasteiger partial charge >= 0.3 is 0 Å². The fraction of sp³-hybridized carbons (Fsp3) is 0.357. The van der Waals surface area contributed by atoms with Crippen LogP contribution in [-0.4, -0.2) is 23.9 Å². The lowest BCUT2D eigenvalue weighted by molar-refractivity contribution is 0.171. The number of nitrogens with two attached hydrogens (primary N) is 1. The van der Waals surface area contributed by atoms with Crippen LogP contribution in [0, 0.1) is 0 Å². The Labute approximate surface area is 106 Å². The van der Waals surface area contributed by atoms with E-state index in [-0.39, 0.29) is 5.41 Å². The van der Waals surface area contributed by atoms with E-state index in [2.05, 4.69) is 28.4 Å². The number of ether oxygens (including phenoxy) is 1. The van der Waals surface area contributed by atoms with Crippen molar-refractivity contribution >= 4 is 5.82 Å². The first-order valence-electron chi connectivity index (χ1n) is 6.15. The fourth-order valence-corrected chi connectivity index (χ4v) is 2.57. The number of nitrogens with zero attached hydrogens (tertiary/aromatic N) is 1. The Hall–Kier alpha value is -1.81. The van der Waals surface area contributed by atoms with Gasteiger partial charge in [0.25, 0.3) is 0 Å². The number of anilines is 1. The Morgan fingerprint density at radius 3 is 2.78 bits per heavy atom. The van der Waals surface area contributed by atoms with Gasteiger partial charge in [-0.1, -0.05) is 24.3 Å². The molecular weight excluding hydrogens is 226 g/mol. The van der Waals surface area contributed by atoms with Gasteiger partial charge in [0.1, 0.15) is 5.82 Å². The predicted octanol–water partition coefficient (Wildman–Crippen LogP) is 2.34. The van der Waals surface area contributed by atoms with Crippen molar-refractivity contribution in [1.82, 2.24) is 10.2 Å². The van der Waals surface area contributed by atoms with E-state index in [0.717, 1.165) is 12.3 Å². The van der Waals surface area contributed by atoms with E-state index >= 15 is 0 Å². The van der Waals surface area contributed by atoms with Crippen molar-refractivity contribution in [3.8, 4) is 11.3 Å². The molecule has 2 aromatic rings. The average Bonchev–Trinajstić information content (AvgIpc) is 3.04. The van der Waals surface area contributed by atoms with Crippen LogP contribution in [0.15, 0.2) is 30.3 Å². The molecule has 4 heteroatoms. The Bertz CT molecular complexity index is 558. The number of aromatic amines is 1. The molecule has 0 aliphatic heterocycles. The third-order valence-electron chi connectivity index (χ3n) is 3.66. The van der Waals surface area contributed by atoms with Crippen molar-refractivity contribution in [2.24, 2.45) is 0 Å². The van der Waals surface area contributed by atoms with Gasteiger partial charge in [-0.3, -0.25) is 5.10 Å². The fourth-order valence-electron chi connectivity index (χ4n) is 2.57. The molecule has 1 aromatic heterocycles. The highest BCUT2D eigenvalue weighted by Crippen LogP contribution is 2.51. The average molecular weight is 243 g/mol. The van der Waals surface area contributed by atoms with Crippen molar-refractivity contribution in [2.75, 3.05) is 19.5 Å². The van der Waals surface area contributed by atoms with Gasteiger partial charge in [0.05, 0.1) is 12.3 Å². The molecular formula is C14H17N3O. The van der Waals surface area contributed by atoms with E-state index in [1.807, 2.05) is 12.1 Å². The Kier molecular flexibility index (Phi) is 2.59. The number of hydrogen-bond acceptors (Lipinski definition) is 3. The molecule has 0 unspecified atom stereocenters. The monoisotopic (exact) mass is 243 g/mol. The molecule has 0 bridgehead atoms. The second kappa shape index (κ2) is 4.14. The van der Waals surface area contributed by atoms with Crippen molar-refractivity contribution in [3.05, 3.63) is 35.9 Å². The van der Waals surface area contributed by atoms with E-state index in [9.17, 15) is 0 Å². The summed E-state index contributed by atoms with van der Waals surface area (Å²) in [7, 11) is 1.76. The normalized spacial score (nSPS) is 16.7. The molecule has 1 aliphatic carbocycles. The van der Waals surface area contributed by atoms with Gasteiger partial charge in [-0.15, -0.1) is 0 Å². The Morgan fingerprint density at radius 2 is 2.17 bits per heavy atom. The summed E-state index contributed by atoms with van der Waals surface area (Å²) >= 11 is 0. The molecule has 1 heterocycles. The van der Waals surface area contributed by atoms with Gasteiger partial charge in [0.15, 0.2) is 0 Å². The molecule has 0 saturated heterocycles. The molecule has 94 valence electrons. The lowest BCUT2D eigenvalue weighted by Gasteiger charge is -2.18. The van der Waals surface area contributed by atoms with Gasteiger partial charge in [0, 0.05) is 24.2 Å². The molecule has 18 heavy (non-hydrogen) atoms. The molecule has 3 rings (SSSR count). The van der Waals surface area contributed by atoms with Crippen LogP contribution in [0.1, 0.15) is 18.4 Å². The molecule has 1 aliphatic rings. The second-order valence-electron chi connectivity index (χ2n) is 4.97. The topological polar surface area (TPSA) is 63.9 Å². The third kappa shape index (κ3) is 1.78. The third-order valence-corrected chi connectivity index (χ3v) is 3.66. The number of nitrogens with one attached hydrogen (secondary N) is 1. The number of methoxy groups -OCH3 is 1. The number of hydrogen-bond donors (Lipinski definition) is 2. The van der Waals surface area contributed by atoms with Crippen molar-refractivity contribution in [3.63, 3.8) is 0 Å². The summed E-state index contributed by atoms with van der Waals surface area (Å²) in [6.45, 7) is 0.771. The zero-order valence-electron chi connectivity index (χ0n) is 10.4. The summed E-state index contributed by atoms with van der Waals surface area (Å²) in [4.78, 5) is 0. The minimum absolute atomic E-state index is 0.186. The van der Waals surface area contributed by atoms with E-state index in [1.165, 1.54) is 24.0 Å². The Morgan fingerprint density at radius 1 is 1.39 bits per heavy atom. The van der Waals surface area contributed by atoms with Crippen LogP contribution < -0.4 is 5.73 Å². The van der Waals surface area contributed by atoms with E-state index < -0.39 is 0 Å². The lowest BCUT2D eigenvalue weighted by atomic mass is 9.90. The molecule has 3 N–H and O–H groups in total. The largest absolute Gasteiger partial charge is 0.384 e. The maximum atomic E-state index is 5.68. The highest BCUT2D eigenvalue weighted by atomic mass is 16.5. The SMILES string of the molecule is COCC1(c2ccccc2-c2cc(N)n[nH]2)CC1. The minimum atomic E-state index is 0.186. The van der Waals surface area contributed by atoms with E-state index in [1.54, 1.807) is 7.11 Å². The summed E-state index contributed by atoms with van der Waals surface area (Å²) in [6, 6.07) is 10.3. The molecule has 0 radical (unpaired) electrons. The number of rotatable bonds is 4. The highest BCUT2D eigenvalue weighted by molar-refractivity contribution is 5.68. The molecule has 0 amide bonds. The maximum absolute atomic E-state index is 5.68. The Balaban J connectivity index is 2.06. The van der Waals surface area contributed by atoms with Gasteiger partial charge in [-0.25, -0.2) is 0 Å². The quantitative estimate of drug-likeness (QED) is 0.866. The van der Waals surface area contributed by atoms with Crippen molar-refractivity contribution < 1.29 is 4.74 Å². The first-order chi connectivity index (χ1) is 8.75. The standard InChI is InChI=1S/C14H17N3O/c1-18-9-14(6-7-14)11-5-3-2-4-10(11)12-8-13(15)17-16-12/h2-5,8H,6-7,9H2,1H3,(H3,15,16,17). The second-order valence-corrected chi connectivity index (χ2v) is 4.97. The van der Waals surface area contributed by atoms with E-state index in [4.69, 9.17) is 10.5 Å².